The number of aromatic amines is 1. The first-order valence-corrected chi connectivity index (χ1v) is 5.60. The number of hydrogen-bond acceptors (Lipinski definition) is 3. The Hall–Kier alpha value is -0.870. The molecule has 1 heterocycles. The quantitative estimate of drug-likeness (QED) is 0.795. The Morgan fingerprint density at radius 1 is 1.53 bits per heavy atom. The van der Waals surface area contributed by atoms with E-state index in [1.807, 2.05) is 6.92 Å². The van der Waals surface area contributed by atoms with Crippen LogP contribution in [0.25, 0.3) is 0 Å². The van der Waals surface area contributed by atoms with Crippen molar-refractivity contribution in [2.24, 2.45) is 0 Å². The van der Waals surface area contributed by atoms with Crippen LogP contribution in [0, 0.1) is 0 Å². The molecule has 1 aromatic rings. The Bertz CT molecular complexity index is 316. The van der Waals surface area contributed by atoms with E-state index in [9.17, 15) is 0 Å². The number of nitrogens with zero attached hydrogens (tertiary/aromatic N) is 1. The number of aliphatic hydroxyl groups is 1. The molecule has 1 aliphatic carbocycles. The molecule has 0 spiro atoms. The van der Waals surface area contributed by atoms with E-state index in [2.05, 4.69) is 9.97 Å². The van der Waals surface area contributed by atoms with Gasteiger partial charge in [0, 0.05) is 6.61 Å². The molecule has 0 aromatic carbocycles. The van der Waals surface area contributed by atoms with Crippen molar-refractivity contribution in [2.45, 2.75) is 44.8 Å². The maximum Gasteiger partial charge on any atom is 0.138 e. The van der Waals surface area contributed by atoms with Gasteiger partial charge in [-0.1, -0.05) is 0 Å². The molecule has 1 aliphatic rings. The van der Waals surface area contributed by atoms with E-state index >= 15 is 0 Å². The van der Waals surface area contributed by atoms with E-state index in [0.29, 0.717) is 6.61 Å². The standard InChI is InChI=1S/C11H18N2O2/c1-2-15-11(5-3-4-6-11)10-12-7-9(8-14)13-10/h7,14H,2-6,8H2,1H3,(H,12,13). The molecule has 1 fully saturated rings. The molecule has 0 saturated heterocycles. The molecule has 1 saturated carbocycles. The first-order valence-electron chi connectivity index (χ1n) is 5.60. The van der Waals surface area contributed by atoms with Crippen molar-refractivity contribution in [1.29, 1.82) is 0 Å². The van der Waals surface area contributed by atoms with Crippen molar-refractivity contribution in [3.63, 3.8) is 0 Å². The first kappa shape index (κ1) is 10.6. The number of ether oxygens (including phenoxy) is 1. The third kappa shape index (κ3) is 1.92. The Morgan fingerprint density at radius 3 is 2.80 bits per heavy atom. The minimum atomic E-state index is -0.220. The zero-order valence-electron chi connectivity index (χ0n) is 9.12. The molecule has 0 atom stereocenters. The second kappa shape index (κ2) is 4.33. The molecule has 2 rings (SSSR count). The summed E-state index contributed by atoms with van der Waals surface area (Å²) >= 11 is 0. The first-order chi connectivity index (χ1) is 7.30. The van der Waals surface area contributed by atoms with Crippen LogP contribution in [0.5, 0.6) is 0 Å². The molecule has 0 aliphatic heterocycles. The van der Waals surface area contributed by atoms with Gasteiger partial charge >= 0.3 is 0 Å². The SMILES string of the molecule is CCOC1(c2ncc(CO)[nH]2)CCCC1. The van der Waals surface area contributed by atoms with Gasteiger partial charge in [0.2, 0.25) is 0 Å². The zero-order valence-corrected chi connectivity index (χ0v) is 9.12. The molecular formula is C11H18N2O2. The molecule has 2 N–H and O–H groups in total. The van der Waals surface area contributed by atoms with Crippen LogP contribution in [0.3, 0.4) is 0 Å². The monoisotopic (exact) mass is 210 g/mol. The number of hydrogen-bond donors (Lipinski definition) is 2. The molecule has 15 heavy (non-hydrogen) atoms. The zero-order chi connectivity index (χ0) is 10.7. The predicted octanol–water partition coefficient (Wildman–Crippen LogP) is 1.71. The van der Waals surface area contributed by atoms with Gasteiger partial charge in [-0.3, -0.25) is 0 Å². The summed E-state index contributed by atoms with van der Waals surface area (Å²) in [5, 5.41) is 9.00. The topological polar surface area (TPSA) is 58.1 Å². The van der Waals surface area contributed by atoms with Crippen LogP contribution in [0.2, 0.25) is 0 Å². The van der Waals surface area contributed by atoms with E-state index in [4.69, 9.17) is 9.84 Å². The number of nitrogens with one attached hydrogen (secondary N) is 1. The number of aromatic nitrogens is 2. The van der Waals surface area contributed by atoms with Gasteiger partial charge in [0.05, 0.1) is 18.5 Å². The highest BCUT2D eigenvalue weighted by Crippen LogP contribution is 2.40. The van der Waals surface area contributed by atoms with Gasteiger partial charge in [0.1, 0.15) is 11.4 Å². The lowest BCUT2D eigenvalue weighted by molar-refractivity contribution is -0.0452. The fourth-order valence-corrected chi connectivity index (χ4v) is 2.34. The number of aliphatic hydroxyl groups excluding tert-OH is 1. The normalized spacial score (nSPS) is 19.6. The molecule has 84 valence electrons. The highest BCUT2D eigenvalue weighted by Gasteiger charge is 2.38. The van der Waals surface area contributed by atoms with Crippen molar-refractivity contribution in [1.82, 2.24) is 9.97 Å². The van der Waals surface area contributed by atoms with Crippen molar-refractivity contribution >= 4 is 0 Å². The molecule has 0 bridgehead atoms. The summed E-state index contributed by atoms with van der Waals surface area (Å²) in [7, 11) is 0. The molecular weight excluding hydrogens is 192 g/mol. The van der Waals surface area contributed by atoms with E-state index in [1.54, 1.807) is 6.20 Å². The summed E-state index contributed by atoms with van der Waals surface area (Å²) in [6.45, 7) is 2.72. The van der Waals surface area contributed by atoms with Gasteiger partial charge in [-0.25, -0.2) is 4.98 Å². The summed E-state index contributed by atoms with van der Waals surface area (Å²) in [5.74, 6) is 0.880. The Morgan fingerprint density at radius 2 is 2.27 bits per heavy atom. The van der Waals surface area contributed by atoms with Crippen molar-refractivity contribution in [2.75, 3.05) is 6.61 Å². The second-order valence-corrected chi connectivity index (χ2v) is 4.05. The fraction of sp³-hybridized carbons (Fsp3) is 0.727. The van der Waals surface area contributed by atoms with Crippen LogP contribution in [0.4, 0.5) is 0 Å². The van der Waals surface area contributed by atoms with E-state index in [0.717, 1.165) is 24.4 Å². The maximum absolute atomic E-state index is 9.00. The lowest BCUT2D eigenvalue weighted by Gasteiger charge is -2.26. The van der Waals surface area contributed by atoms with Crippen LogP contribution in [0.1, 0.15) is 44.1 Å². The minimum absolute atomic E-state index is 0.00913. The number of imidazole rings is 1. The molecule has 0 amide bonds. The number of H-pyrrole nitrogens is 1. The van der Waals surface area contributed by atoms with Gasteiger partial charge < -0.3 is 14.8 Å². The third-order valence-electron chi connectivity index (χ3n) is 3.06. The van der Waals surface area contributed by atoms with Crippen LogP contribution < -0.4 is 0 Å². The highest BCUT2D eigenvalue weighted by molar-refractivity contribution is 5.10. The average molecular weight is 210 g/mol. The molecule has 1 aromatic heterocycles. The summed E-state index contributed by atoms with van der Waals surface area (Å²) in [5.41, 5.74) is 0.540. The summed E-state index contributed by atoms with van der Waals surface area (Å²) in [4.78, 5) is 7.46. The van der Waals surface area contributed by atoms with E-state index in [-0.39, 0.29) is 12.2 Å². The van der Waals surface area contributed by atoms with Gasteiger partial charge in [0.15, 0.2) is 0 Å². The summed E-state index contributed by atoms with van der Waals surface area (Å²) in [6.07, 6.45) is 6.12. The summed E-state index contributed by atoms with van der Waals surface area (Å²) in [6, 6.07) is 0. The Kier molecular flexibility index (Phi) is 3.07. The predicted molar refractivity (Wildman–Crippen MR) is 56.3 cm³/mol. The van der Waals surface area contributed by atoms with Crippen LogP contribution >= 0.6 is 0 Å². The van der Waals surface area contributed by atoms with Crippen molar-refractivity contribution in [3.8, 4) is 0 Å². The van der Waals surface area contributed by atoms with Crippen molar-refractivity contribution in [3.05, 3.63) is 17.7 Å². The molecule has 4 nitrogen and oxygen atoms in total. The van der Waals surface area contributed by atoms with Gasteiger partial charge in [-0.2, -0.15) is 0 Å². The molecule has 4 heteroatoms. The fourth-order valence-electron chi connectivity index (χ4n) is 2.34. The smallest absolute Gasteiger partial charge is 0.138 e. The minimum Gasteiger partial charge on any atom is -0.390 e. The molecule has 0 unspecified atom stereocenters. The van der Waals surface area contributed by atoms with Crippen LogP contribution in [-0.2, 0) is 16.9 Å². The summed E-state index contributed by atoms with van der Waals surface area (Å²) < 4.78 is 5.86. The highest BCUT2D eigenvalue weighted by atomic mass is 16.5. The second-order valence-electron chi connectivity index (χ2n) is 4.05. The van der Waals surface area contributed by atoms with E-state index in [1.165, 1.54) is 12.8 Å². The lowest BCUT2D eigenvalue weighted by atomic mass is 10.0. The number of rotatable bonds is 4. The largest absolute Gasteiger partial charge is 0.390 e. The van der Waals surface area contributed by atoms with E-state index < -0.39 is 0 Å². The average Bonchev–Trinajstić information content (AvgIpc) is 2.85. The third-order valence-corrected chi connectivity index (χ3v) is 3.06. The van der Waals surface area contributed by atoms with Crippen LogP contribution in [-0.4, -0.2) is 21.7 Å². The van der Waals surface area contributed by atoms with Gasteiger partial charge in [-0.05, 0) is 32.6 Å². The van der Waals surface area contributed by atoms with Crippen molar-refractivity contribution < 1.29 is 9.84 Å². The van der Waals surface area contributed by atoms with Crippen LogP contribution in [0.15, 0.2) is 6.20 Å². The van der Waals surface area contributed by atoms with Gasteiger partial charge in [-0.15, -0.1) is 0 Å². The lowest BCUT2D eigenvalue weighted by Crippen LogP contribution is -2.27. The maximum atomic E-state index is 9.00. The van der Waals surface area contributed by atoms with Gasteiger partial charge in [0.25, 0.3) is 0 Å². The Labute approximate surface area is 89.7 Å². The molecule has 0 radical (unpaired) electrons. The Balaban J connectivity index is 2.23.